The van der Waals surface area contributed by atoms with Crippen LogP contribution in [0.15, 0.2) is 72.8 Å². The molecule has 5 heteroatoms. The highest BCUT2D eigenvalue weighted by atomic mass is 19.4. The Bertz CT molecular complexity index is 1050. The van der Waals surface area contributed by atoms with E-state index in [-0.39, 0.29) is 17.9 Å². The minimum atomic E-state index is -4.40. The molecule has 0 spiro atoms. The summed E-state index contributed by atoms with van der Waals surface area (Å²) in [6.45, 7) is 6.59. The van der Waals surface area contributed by atoms with Crippen LogP contribution in [-0.4, -0.2) is 17.9 Å². The van der Waals surface area contributed by atoms with Crippen molar-refractivity contribution in [3.05, 3.63) is 95.1 Å². The average molecular weight is 425 g/mol. The summed E-state index contributed by atoms with van der Waals surface area (Å²) in [6, 6.07) is 20.7. The Hall–Kier alpha value is -3.08. The van der Waals surface area contributed by atoms with E-state index in [0.717, 1.165) is 23.3 Å². The first-order valence-corrected chi connectivity index (χ1v) is 10.1. The highest BCUT2D eigenvalue weighted by Gasteiger charge is 2.30. The maximum Gasteiger partial charge on any atom is 0.416 e. The number of alkyl halides is 3. The van der Waals surface area contributed by atoms with Crippen molar-refractivity contribution in [2.45, 2.75) is 38.9 Å². The third-order valence-electron chi connectivity index (χ3n) is 5.24. The number of hydrogen-bond acceptors (Lipinski definition) is 1. The van der Waals surface area contributed by atoms with Crippen LogP contribution in [0.5, 0.6) is 0 Å². The maximum absolute atomic E-state index is 12.9. The lowest BCUT2D eigenvalue weighted by atomic mass is 9.86. The lowest BCUT2D eigenvalue weighted by Crippen LogP contribution is -2.26. The molecular weight excluding hydrogens is 399 g/mol. The van der Waals surface area contributed by atoms with E-state index in [0.29, 0.717) is 11.1 Å². The molecule has 0 aromatic heterocycles. The molecule has 0 atom stereocenters. The fraction of sp³-hybridized carbons (Fsp3) is 0.269. The van der Waals surface area contributed by atoms with Gasteiger partial charge in [0.15, 0.2) is 0 Å². The largest absolute Gasteiger partial charge is 0.416 e. The molecule has 3 rings (SSSR count). The second-order valence-electron chi connectivity index (χ2n) is 8.76. The van der Waals surface area contributed by atoms with Crippen molar-refractivity contribution in [3.8, 4) is 11.1 Å². The van der Waals surface area contributed by atoms with Gasteiger partial charge in [-0.2, -0.15) is 13.2 Å². The number of benzene rings is 3. The molecule has 0 heterocycles. The molecule has 0 bridgehead atoms. The van der Waals surface area contributed by atoms with Crippen molar-refractivity contribution in [2.75, 3.05) is 7.05 Å². The summed E-state index contributed by atoms with van der Waals surface area (Å²) < 4.78 is 38.7. The van der Waals surface area contributed by atoms with Crippen LogP contribution in [0.1, 0.15) is 47.8 Å². The van der Waals surface area contributed by atoms with Crippen LogP contribution in [0, 0.1) is 0 Å². The van der Waals surface area contributed by atoms with Crippen LogP contribution < -0.4 is 0 Å². The summed E-state index contributed by atoms with van der Waals surface area (Å²) in [7, 11) is 1.59. The van der Waals surface area contributed by atoms with Gasteiger partial charge >= 0.3 is 6.18 Å². The van der Waals surface area contributed by atoms with Crippen LogP contribution in [-0.2, 0) is 18.1 Å². The fourth-order valence-corrected chi connectivity index (χ4v) is 3.38. The van der Waals surface area contributed by atoms with E-state index in [2.05, 4.69) is 45.0 Å². The monoisotopic (exact) mass is 425 g/mol. The predicted molar refractivity (Wildman–Crippen MR) is 118 cm³/mol. The van der Waals surface area contributed by atoms with Crippen molar-refractivity contribution in [1.82, 2.24) is 4.90 Å². The topological polar surface area (TPSA) is 20.3 Å². The fourth-order valence-electron chi connectivity index (χ4n) is 3.38. The minimum Gasteiger partial charge on any atom is -0.337 e. The number of nitrogens with zero attached hydrogens (tertiary/aromatic N) is 1. The van der Waals surface area contributed by atoms with Crippen LogP contribution in [0.2, 0.25) is 0 Å². The van der Waals surface area contributed by atoms with E-state index in [1.807, 2.05) is 12.1 Å². The Balaban J connectivity index is 1.71. The number of carbonyl (C=O) groups excluding carboxylic acids is 1. The molecule has 3 aromatic rings. The van der Waals surface area contributed by atoms with E-state index >= 15 is 0 Å². The molecule has 1 amide bonds. The third kappa shape index (κ3) is 5.54. The molecule has 162 valence electrons. The van der Waals surface area contributed by atoms with Gasteiger partial charge in [0.2, 0.25) is 0 Å². The number of rotatable bonds is 4. The Morgan fingerprint density at radius 3 is 1.87 bits per heavy atom. The third-order valence-corrected chi connectivity index (χ3v) is 5.24. The molecule has 0 fully saturated rings. The van der Waals surface area contributed by atoms with Crippen molar-refractivity contribution in [3.63, 3.8) is 0 Å². The van der Waals surface area contributed by atoms with E-state index in [1.165, 1.54) is 16.5 Å². The van der Waals surface area contributed by atoms with E-state index < -0.39 is 11.7 Å². The van der Waals surface area contributed by atoms with Gasteiger partial charge in [-0.25, -0.2) is 0 Å². The summed E-state index contributed by atoms with van der Waals surface area (Å²) in [5, 5.41) is 0. The Morgan fingerprint density at radius 1 is 0.806 bits per heavy atom. The minimum absolute atomic E-state index is 0.0823. The summed E-state index contributed by atoms with van der Waals surface area (Å²) in [5.74, 6) is -0.243. The van der Waals surface area contributed by atoms with E-state index in [1.54, 1.807) is 25.2 Å². The molecule has 0 unspecified atom stereocenters. The van der Waals surface area contributed by atoms with Crippen molar-refractivity contribution >= 4 is 5.91 Å². The summed E-state index contributed by atoms with van der Waals surface area (Å²) in [6.07, 6.45) is -4.40. The van der Waals surface area contributed by atoms with Crippen molar-refractivity contribution < 1.29 is 18.0 Å². The number of halogens is 3. The standard InChI is InChI=1S/C26H26F3NO/c1-25(2,3)22-14-12-20(13-15-22)19-8-10-21(11-9-19)24(31)30(4)17-18-6-5-7-23(16-18)26(27,28)29/h5-16H,17H2,1-4H3. The van der Waals surface area contributed by atoms with Gasteiger partial charge in [-0.15, -0.1) is 0 Å². The van der Waals surface area contributed by atoms with E-state index in [9.17, 15) is 18.0 Å². The zero-order valence-corrected chi connectivity index (χ0v) is 18.1. The molecule has 0 radical (unpaired) electrons. The summed E-state index contributed by atoms with van der Waals surface area (Å²) in [4.78, 5) is 14.2. The van der Waals surface area contributed by atoms with Gasteiger partial charge in [0.25, 0.3) is 5.91 Å². The SMILES string of the molecule is CN(Cc1cccc(C(F)(F)F)c1)C(=O)c1ccc(-c2ccc(C(C)(C)C)cc2)cc1. The van der Waals surface area contributed by atoms with Crippen molar-refractivity contribution in [1.29, 1.82) is 0 Å². The molecule has 0 aliphatic heterocycles. The predicted octanol–water partition coefficient (Wildman–Crippen LogP) is 6.94. The Kier molecular flexibility index (Phi) is 6.25. The van der Waals surface area contributed by atoms with Gasteiger partial charge in [-0.1, -0.05) is 69.3 Å². The van der Waals surface area contributed by atoms with Crippen molar-refractivity contribution in [2.24, 2.45) is 0 Å². The van der Waals surface area contributed by atoms with Gasteiger partial charge < -0.3 is 4.90 Å². The first-order valence-electron chi connectivity index (χ1n) is 10.1. The molecule has 0 aliphatic rings. The van der Waals surface area contributed by atoms with Gasteiger partial charge in [-0.3, -0.25) is 4.79 Å². The molecule has 0 saturated heterocycles. The van der Waals surface area contributed by atoms with Crippen LogP contribution in [0.25, 0.3) is 11.1 Å². The van der Waals surface area contributed by atoms with Crippen LogP contribution >= 0.6 is 0 Å². The lowest BCUT2D eigenvalue weighted by molar-refractivity contribution is -0.137. The molecule has 2 nitrogen and oxygen atoms in total. The zero-order valence-electron chi connectivity index (χ0n) is 18.1. The first kappa shape index (κ1) is 22.6. The second-order valence-corrected chi connectivity index (χ2v) is 8.76. The molecule has 0 saturated carbocycles. The summed E-state index contributed by atoms with van der Waals surface area (Å²) >= 11 is 0. The van der Waals surface area contributed by atoms with Gasteiger partial charge in [0.05, 0.1) is 5.56 Å². The van der Waals surface area contributed by atoms with Gasteiger partial charge in [-0.05, 0) is 51.9 Å². The highest BCUT2D eigenvalue weighted by molar-refractivity contribution is 5.94. The Labute approximate surface area is 181 Å². The molecule has 31 heavy (non-hydrogen) atoms. The quantitative estimate of drug-likeness (QED) is 0.443. The van der Waals surface area contributed by atoms with E-state index in [4.69, 9.17) is 0 Å². The zero-order chi connectivity index (χ0) is 22.8. The van der Waals surface area contributed by atoms with Crippen LogP contribution in [0.4, 0.5) is 13.2 Å². The lowest BCUT2D eigenvalue weighted by Gasteiger charge is -2.19. The molecule has 0 aliphatic carbocycles. The highest BCUT2D eigenvalue weighted by Crippen LogP contribution is 2.30. The molecule has 3 aromatic carbocycles. The van der Waals surface area contributed by atoms with Crippen LogP contribution in [0.3, 0.4) is 0 Å². The molecular formula is C26H26F3NO. The van der Waals surface area contributed by atoms with Gasteiger partial charge in [0, 0.05) is 19.2 Å². The smallest absolute Gasteiger partial charge is 0.337 e. The summed E-state index contributed by atoms with van der Waals surface area (Å²) in [5.41, 5.74) is 3.60. The first-order chi connectivity index (χ1) is 14.4. The number of amides is 1. The molecule has 0 N–H and O–H groups in total. The van der Waals surface area contributed by atoms with Gasteiger partial charge in [0.1, 0.15) is 0 Å². The maximum atomic E-state index is 12.9. The number of hydrogen-bond donors (Lipinski definition) is 0. The number of carbonyl (C=O) groups is 1. The normalized spacial score (nSPS) is 12.0. The average Bonchev–Trinajstić information content (AvgIpc) is 2.72. The Morgan fingerprint density at radius 2 is 1.35 bits per heavy atom. The second kappa shape index (κ2) is 8.58.